The minimum Gasteiger partial charge on any atom is -0.336 e. The van der Waals surface area contributed by atoms with Crippen molar-refractivity contribution >= 4 is 28.6 Å². The molecule has 1 aliphatic rings. The van der Waals surface area contributed by atoms with E-state index in [1.54, 1.807) is 29.6 Å². The summed E-state index contributed by atoms with van der Waals surface area (Å²) in [4.78, 5) is 55.2. The lowest BCUT2D eigenvalue weighted by molar-refractivity contribution is -0.176. The first-order chi connectivity index (χ1) is 18.1. The van der Waals surface area contributed by atoms with Crippen molar-refractivity contribution in [2.45, 2.75) is 65.3 Å². The van der Waals surface area contributed by atoms with E-state index in [1.807, 2.05) is 19.9 Å². The number of H-pyrrole nitrogens is 1. The number of nitrogens with one attached hydrogen (secondary N) is 3. The molecule has 9 nitrogen and oxygen atoms in total. The van der Waals surface area contributed by atoms with Gasteiger partial charge >= 0.3 is 12.1 Å². The Bertz CT molecular complexity index is 1360. The predicted molar refractivity (Wildman–Crippen MR) is 137 cm³/mol. The summed E-state index contributed by atoms with van der Waals surface area (Å²) in [6, 6.07) is 6.09. The van der Waals surface area contributed by atoms with E-state index in [0.29, 0.717) is 17.3 Å². The molecule has 1 saturated heterocycles. The van der Waals surface area contributed by atoms with Gasteiger partial charge in [0, 0.05) is 29.1 Å². The fourth-order valence-electron chi connectivity index (χ4n) is 5.00. The minimum atomic E-state index is -5.19. The Morgan fingerprint density at radius 3 is 2.33 bits per heavy atom. The summed E-state index contributed by atoms with van der Waals surface area (Å²) in [7, 11) is 0. The van der Waals surface area contributed by atoms with Gasteiger partial charge < -0.3 is 20.5 Å². The average molecular weight is 548 g/mol. The molecule has 39 heavy (non-hydrogen) atoms. The molecule has 0 aliphatic carbocycles. The normalized spacial score (nSPS) is 19.4. The summed E-state index contributed by atoms with van der Waals surface area (Å²) < 4.78 is 39.1. The number of benzene rings is 1. The maximum Gasteiger partial charge on any atom is 0.471 e. The van der Waals surface area contributed by atoms with Gasteiger partial charge in [-0.15, -0.1) is 0 Å². The van der Waals surface area contributed by atoms with E-state index in [-0.39, 0.29) is 23.9 Å². The number of carbonyl (C=O) groups is 3. The van der Waals surface area contributed by atoms with Gasteiger partial charge in [0.15, 0.2) is 0 Å². The van der Waals surface area contributed by atoms with Gasteiger partial charge in [-0.25, -0.2) is 0 Å². The van der Waals surface area contributed by atoms with Crippen molar-refractivity contribution in [1.29, 1.82) is 5.26 Å². The Kier molecular flexibility index (Phi) is 8.43. The van der Waals surface area contributed by atoms with Crippen molar-refractivity contribution in [2.24, 2.45) is 17.3 Å². The molecule has 12 heteroatoms. The highest BCUT2D eigenvalue weighted by molar-refractivity contribution is 5.94. The largest absolute Gasteiger partial charge is 0.471 e. The SMILES string of the molecule is CC(C)[C@H]1CCN(C(=O)[C@@H](NC(=O)C(F)(F)F)C(C)(C)C)[C@@H]1C(=O)N[C@@H](C#N)c1cc(=O)[nH]c2ccccc12. The van der Waals surface area contributed by atoms with Gasteiger partial charge in [-0.2, -0.15) is 18.4 Å². The molecule has 0 unspecified atom stereocenters. The number of para-hydroxylation sites is 1. The first kappa shape index (κ1) is 29.7. The summed E-state index contributed by atoms with van der Waals surface area (Å²) in [6.07, 6.45) is -4.79. The number of fused-ring (bicyclic) bond motifs is 1. The van der Waals surface area contributed by atoms with Crippen LogP contribution < -0.4 is 16.2 Å². The number of halogens is 3. The number of pyridine rings is 1. The third-order valence-electron chi connectivity index (χ3n) is 7.01. The van der Waals surface area contributed by atoms with Crippen LogP contribution in [0.2, 0.25) is 0 Å². The number of carbonyl (C=O) groups excluding carboxylic acids is 3. The molecule has 2 aromatic rings. The van der Waals surface area contributed by atoms with Crippen LogP contribution in [0.4, 0.5) is 13.2 Å². The maximum atomic E-state index is 13.7. The zero-order valence-electron chi connectivity index (χ0n) is 22.3. The highest BCUT2D eigenvalue weighted by atomic mass is 19.4. The summed E-state index contributed by atoms with van der Waals surface area (Å²) in [6.45, 7) is 8.35. The smallest absolute Gasteiger partial charge is 0.336 e. The molecule has 4 atom stereocenters. The van der Waals surface area contributed by atoms with Crippen LogP contribution in [-0.2, 0) is 14.4 Å². The molecule has 1 fully saturated rings. The molecular weight excluding hydrogens is 515 g/mol. The third-order valence-corrected chi connectivity index (χ3v) is 7.01. The number of nitrogens with zero attached hydrogens (tertiary/aromatic N) is 2. The average Bonchev–Trinajstić information content (AvgIpc) is 3.29. The van der Waals surface area contributed by atoms with Crippen LogP contribution in [0, 0.1) is 28.6 Å². The first-order valence-electron chi connectivity index (χ1n) is 12.6. The Hall–Kier alpha value is -3.88. The first-order valence-corrected chi connectivity index (χ1v) is 12.6. The van der Waals surface area contributed by atoms with E-state index in [1.165, 1.54) is 31.7 Å². The molecule has 0 bridgehead atoms. The molecule has 3 N–H and O–H groups in total. The maximum absolute atomic E-state index is 13.7. The number of nitriles is 1. The van der Waals surface area contributed by atoms with E-state index in [4.69, 9.17) is 0 Å². The molecular formula is C27H32F3N5O4. The quantitative estimate of drug-likeness (QED) is 0.511. The van der Waals surface area contributed by atoms with Crippen molar-refractivity contribution in [2.75, 3.05) is 6.54 Å². The number of likely N-dealkylation sites (tertiary alicyclic amines) is 1. The summed E-state index contributed by atoms with van der Waals surface area (Å²) in [5, 5.41) is 14.9. The van der Waals surface area contributed by atoms with Crippen molar-refractivity contribution in [3.05, 3.63) is 46.2 Å². The van der Waals surface area contributed by atoms with Crippen LogP contribution >= 0.6 is 0 Å². The van der Waals surface area contributed by atoms with Crippen molar-refractivity contribution in [3.8, 4) is 6.07 Å². The van der Waals surface area contributed by atoms with Crippen LogP contribution in [0.1, 0.15) is 52.6 Å². The van der Waals surface area contributed by atoms with E-state index in [0.717, 1.165) is 0 Å². The highest BCUT2D eigenvalue weighted by Gasteiger charge is 2.49. The summed E-state index contributed by atoms with van der Waals surface area (Å²) in [5.41, 5.74) is -0.828. The highest BCUT2D eigenvalue weighted by Crippen LogP contribution is 2.34. The van der Waals surface area contributed by atoms with Crippen LogP contribution in [0.5, 0.6) is 0 Å². The predicted octanol–water partition coefficient (Wildman–Crippen LogP) is 3.18. The third kappa shape index (κ3) is 6.41. The van der Waals surface area contributed by atoms with Gasteiger partial charge in [0.25, 0.3) is 0 Å². The number of aromatic amines is 1. The second-order valence-corrected chi connectivity index (χ2v) is 11.1. The lowest BCUT2D eigenvalue weighted by Gasteiger charge is -2.37. The van der Waals surface area contributed by atoms with Gasteiger partial charge in [0.05, 0.1) is 6.07 Å². The molecule has 0 radical (unpaired) electrons. The lowest BCUT2D eigenvalue weighted by Crippen LogP contribution is -2.60. The van der Waals surface area contributed by atoms with Crippen molar-refractivity contribution in [1.82, 2.24) is 20.5 Å². The molecule has 2 heterocycles. The molecule has 1 aromatic heterocycles. The second kappa shape index (κ2) is 11.1. The van der Waals surface area contributed by atoms with Gasteiger partial charge in [-0.1, -0.05) is 52.8 Å². The summed E-state index contributed by atoms with van der Waals surface area (Å²) in [5.74, 6) is -4.19. The standard InChI is InChI=1S/C27H32F3N5O4/c1-14(2)15-10-11-35(24(38)22(26(3,4)5)34-25(39)27(28,29)30)21(15)23(37)33-19(13-31)17-12-20(36)32-18-9-7-6-8-16(17)18/h6-9,12,14-15,19,21-22H,10-11H2,1-5H3,(H,32,36)(H,33,37)(H,34,39)/t15-,19+,21+,22-/m1/s1. The zero-order valence-corrected chi connectivity index (χ0v) is 22.3. The number of hydrogen-bond acceptors (Lipinski definition) is 5. The fourth-order valence-corrected chi connectivity index (χ4v) is 5.00. The lowest BCUT2D eigenvalue weighted by atomic mass is 9.84. The van der Waals surface area contributed by atoms with Gasteiger partial charge in [-0.05, 0) is 29.7 Å². The molecule has 1 aliphatic heterocycles. The van der Waals surface area contributed by atoms with Crippen LogP contribution in [0.25, 0.3) is 10.9 Å². The van der Waals surface area contributed by atoms with E-state index >= 15 is 0 Å². The number of rotatable bonds is 6. The van der Waals surface area contributed by atoms with Gasteiger partial charge in [0.2, 0.25) is 17.4 Å². The van der Waals surface area contributed by atoms with Crippen LogP contribution in [0.15, 0.2) is 35.1 Å². The van der Waals surface area contributed by atoms with Gasteiger partial charge in [0.1, 0.15) is 18.1 Å². The van der Waals surface area contributed by atoms with Crippen LogP contribution in [-0.4, -0.2) is 52.4 Å². The molecule has 3 rings (SSSR count). The molecule has 210 valence electrons. The second-order valence-electron chi connectivity index (χ2n) is 11.1. The van der Waals surface area contributed by atoms with Gasteiger partial charge in [-0.3, -0.25) is 19.2 Å². The van der Waals surface area contributed by atoms with Crippen molar-refractivity contribution in [3.63, 3.8) is 0 Å². The van der Waals surface area contributed by atoms with Crippen LogP contribution in [0.3, 0.4) is 0 Å². The topological polar surface area (TPSA) is 135 Å². The zero-order chi connectivity index (χ0) is 29.3. The van der Waals surface area contributed by atoms with E-state index in [2.05, 4.69) is 10.3 Å². The molecule has 0 spiro atoms. The van der Waals surface area contributed by atoms with E-state index < -0.39 is 53.0 Å². The monoisotopic (exact) mass is 547 g/mol. The Morgan fingerprint density at radius 2 is 1.77 bits per heavy atom. The van der Waals surface area contributed by atoms with E-state index in [9.17, 15) is 37.6 Å². The Morgan fingerprint density at radius 1 is 1.13 bits per heavy atom. The molecule has 1 aromatic carbocycles. The Balaban J connectivity index is 1.97. The Labute approximate surface area is 223 Å². The summed E-state index contributed by atoms with van der Waals surface area (Å²) >= 11 is 0. The van der Waals surface area contributed by atoms with Crippen molar-refractivity contribution < 1.29 is 27.6 Å². The minimum absolute atomic E-state index is 0.0827. The molecule has 0 saturated carbocycles. The number of amides is 3. The number of aromatic nitrogens is 1. The fraction of sp³-hybridized carbons (Fsp3) is 0.519. The number of hydrogen-bond donors (Lipinski definition) is 3. The molecule has 3 amide bonds. The number of alkyl halides is 3.